The van der Waals surface area contributed by atoms with Gasteiger partial charge >= 0.3 is 54.3 Å². The van der Waals surface area contributed by atoms with Crippen molar-refractivity contribution in [3.8, 4) is 0 Å². The molecule has 0 rings (SSSR count). The van der Waals surface area contributed by atoms with Crippen LogP contribution in [0.3, 0.4) is 0 Å². The summed E-state index contributed by atoms with van der Waals surface area (Å²) in [7, 11) is 0. The summed E-state index contributed by atoms with van der Waals surface area (Å²) in [6.07, 6.45) is 0.756. The third-order valence-corrected chi connectivity index (χ3v) is 3.01. The van der Waals surface area contributed by atoms with Gasteiger partial charge in [0.1, 0.15) is 35.3 Å². The number of carbonyl (C=O) groups excluding carboxylic acids is 9. The first-order valence-corrected chi connectivity index (χ1v) is 10.0. The Balaban J connectivity index is -0.000000172. The Labute approximate surface area is 205 Å². The quantitative estimate of drug-likeness (QED) is 0.128. The van der Waals surface area contributed by atoms with Crippen LogP contribution in [0.4, 0.5) is 0 Å². The second kappa shape index (κ2) is 23.9. The molecule has 182 valence electrons. The van der Waals surface area contributed by atoms with Gasteiger partial charge in [-0.2, -0.15) is 0 Å². The Morgan fingerprint density at radius 3 is 0.909 bits per heavy atom. The second-order valence-corrected chi connectivity index (χ2v) is 6.68. The number of hydrogen-bond acceptors (Lipinski definition) is 13. The average molecular weight is 552 g/mol. The van der Waals surface area contributed by atoms with Gasteiger partial charge in [-0.05, 0) is 20.8 Å². The maximum absolute atomic E-state index is 10.1. The van der Waals surface area contributed by atoms with Crippen molar-refractivity contribution < 1.29 is 86.4 Å². The monoisotopic (exact) mass is 550 g/mol. The summed E-state index contributed by atoms with van der Waals surface area (Å²) in [5.74, 6) is -10.3. The number of aliphatic carboxylic acids is 3. The van der Waals surface area contributed by atoms with Gasteiger partial charge in [-0.15, -0.1) is 0 Å². The van der Waals surface area contributed by atoms with Crippen LogP contribution in [-0.2, 0) is 71.1 Å². The standard InChI is InChI=1S/3C5H6O4.C4H9O.Zr/c3*1-3(6)2-4(7)5(8)9;1-2-3-4-5;/h3*2H2,1H3,(H,8,9);2-4H2,1H3;/q;;;-1;+4/p-3. The van der Waals surface area contributed by atoms with Crippen LogP contribution in [0, 0.1) is 0 Å². The van der Waals surface area contributed by atoms with Gasteiger partial charge in [-0.1, -0.05) is 0 Å². The predicted molar refractivity (Wildman–Crippen MR) is 96.8 cm³/mol. The normalized spacial score (nSPS) is 8.67. The fourth-order valence-electron chi connectivity index (χ4n) is 1.11. The molecule has 0 unspecified atom stereocenters. The molecule has 0 aromatic rings. The zero-order chi connectivity index (χ0) is 27.1. The van der Waals surface area contributed by atoms with E-state index in [0.29, 0.717) is 0 Å². The molecule has 0 aromatic heterocycles. The molecule has 0 fully saturated rings. The van der Waals surface area contributed by atoms with Crippen molar-refractivity contribution >= 4 is 52.6 Å². The van der Waals surface area contributed by atoms with Crippen LogP contribution in [0.25, 0.3) is 0 Å². The molecule has 0 radical (unpaired) electrons. The molecule has 0 spiro atoms. The summed E-state index contributed by atoms with van der Waals surface area (Å²) >= 11 is 1.19. The van der Waals surface area contributed by atoms with Crippen molar-refractivity contribution in [3.05, 3.63) is 0 Å². The van der Waals surface area contributed by atoms with Gasteiger partial charge in [0.2, 0.25) is 0 Å². The molecule has 13 nitrogen and oxygen atoms in total. The van der Waals surface area contributed by atoms with Gasteiger partial charge in [0.05, 0.1) is 19.3 Å². The van der Waals surface area contributed by atoms with Crippen LogP contribution >= 0.6 is 0 Å². The first kappa shape index (κ1) is 37.6. The average Bonchev–Trinajstić information content (AvgIpc) is 2.66. The Bertz CT molecular complexity index is 631. The van der Waals surface area contributed by atoms with Crippen molar-refractivity contribution in [3.63, 3.8) is 0 Å². The number of carboxylic acid groups (broad SMARTS) is 3. The molecule has 0 amide bonds. The Kier molecular flexibility index (Phi) is 27.2. The molecule has 0 aliphatic heterocycles. The molecule has 0 aromatic carbocycles. The van der Waals surface area contributed by atoms with E-state index in [0.717, 1.165) is 27.4 Å². The van der Waals surface area contributed by atoms with Gasteiger partial charge in [0, 0.05) is 0 Å². The molecule has 0 saturated carbocycles. The molecule has 0 aliphatic rings. The van der Waals surface area contributed by atoms with Crippen LogP contribution in [0.2, 0.25) is 0 Å². The number of Topliss-reactive ketones (excluding diaryl/α,β-unsaturated/α-hetero) is 6. The SMILES string of the molecule is CC(=O)CC(=O)C(=O)[O-].CC(=O)CC(=O)C(=O)[O-].CC(=O)CC(=O)C(=O)[O-].CCCC[O][Zr+3]. The number of carboxylic acids is 3. The summed E-state index contributed by atoms with van der Waals surface area (Å²) in [6, 6.07) is 0. The van der Waals surface area contributed by atoms with Crippen molar-refractivity contribution in [2.75, 3.05) is 6.61 Å². The second-order valence-electron chi connectivity index (χ2n) is 5.97. The summed E-state index contributed by atoms with van der Waals surface area (Å²) in [4.78, 5) is 89.2. The number of unbranched alkanes of at least 4 members (excludes halogenated alkanes) is 1. The van der Waals surface area contributed by atoms with E-state index >= 15 is 0 Å². The van der Waals surface area contributed by atoms with Crippen molar-refractivity contribution in [1.29, 1.82) is 0 Å². The van der Waals surface area contributed by atoms with Gasteiger partial charge < -0.3 is 29.7 Å². The number of carbonyl (C=O) groups is 9. The molecular formula is C19H24O13Zr. The topological polar surface area (TPSA) is 232 Å². The van der Waals surface area contributed by atoms with E-state index in [1.807, 2.05) is 0 Å². The van der Waals surface area contributed by atoms with Gasteiger partial charge in [-0.25, -0.2) is 0 Å². The van der Waals surface area contributed by atoms with Crippen molar-refractivity contribution in [2.45, 2.75) is 59.8 Å². The summed E-state index contributed by atoms with van der Waals surface area (Å²) in [5.41, 5.74) is 0. The predicted octanol–water partition coefficient (Wildman–Crippen LogP) is -3.88. The van der Waals surface area contributed by atoms with Crippen molar-refractivity contribution in [2.24, 2.45) is 0 Å². The molecule has 33 heavy (non-hydrogen) atoms. The minimum atomic E-state index is -1.80. The zero-order valence-electron chi connectivity index (χ0n) is 18.5. The van der Waals surface area contributed by atoms with Crippen LogP contribution in [0.15, 0.2) is 0 Å². The molecule has 0 atom stereocenters. The Hall–Kier alpha value is -2.73. The first-order chi connectivity index (χ1) is 15.0. The van der Waals surface area contributed by atoms with E-state index in [1.165, 1.54) is 38.0 Å². The Morgan fingerprint density at radius 2 is 0.848 bits per heavy atom. The van der Waals surface area contributed by atoms with Crippen molar-refractivity contribution in [1.82, 2.24) is 0 Å². The third-order valence-electron chi connectivity index (χ3n) is 2.51. The fourth-order valence-corrected chi connectivity index (χ4v) is 1.47. The third kappa shape index (κ3) is 37.0. The van der Waals surface area contributed by atoms with Crippen LogP contribution in [-0.4, -0.2) is 59.2 Å². The number of hydrogen-bond donors (Lipinski definition) is 0. The van der Waals surface area contributed by atoms with Crippen LogP contribution < -0.4 is 15.3 Å². The number of rotatable bonds is 12. The minimum absolute atomic E-state index is 0.468. The molecular weight excluding hydrogens is 527 g/mol. The zero-order valence-corrected chi connectivity index (χ0v) is 21.0. The maximum atomic E-state index is 10.1. The first-order valence-electron chi connectivity index (χ1n) is 9.02. The molecule has 0 heterocycles. The summed E-state index contributed by atoms with van der Waals surface area (Å²) in [5, 5.41) is 28.9. The van der Waals surface area contributed by atoms with Crippen LogP contribution in [0.1, 0.15) is 59.8 Å². The van der Waals surface area contributed by atoms with E-state index in [9.17, 15) is 58.5 Å². The summed E-state index contributed by atoms with van der Waals surface area (Å²) < 4.78 is 4.87. The van der Waals surface area contributed by atoms with E-state index < -0.39 is 71.9 Å². The summed E-state index contributed by atoms with van der Waals surface area (Å²) in [6.45, 7) is 6.53. The van der Waals surface area contributed by atoms with Gasteiger partial charge in [-0.3, -0.25) is 28.8 Å². The molecule has 0 N–H and O–H groups in total. The van der Waals surface area contributed by atoms with Gasteiger partial charge in [0.25, 0.3) is 0 Å². The van der Waals surface area contributed by atoms with E-state index in [4.69, 9.17) is 2.81 Å². The Morgan fingerprint density at radius 1 is 0.606 bits per heavy atom. The van der Waals surface area contributed by atoms with E-state index in [1.54, 1.807) is 0 Å². The van der Waals surface area contributed by atoms with E-state index in [2.05, 4.69) is 6.92 Å². The molecule has 0 aliphatic carbocycles. The molecule has 0 bridgehead atoms. The number of ketones is 6. The fraction of sp³-hybridized carbons (Fsp3) is 0.526. The van der Waals surface area contributed by atoms with E-state index in [-0.39, 0.29) is 0 Å². The molecule has 0 saturated heterocycles. The van der Waals surface area contributed by atoms with Gasteiger partial charge in [0.15, 0.2) is 17.3 Å². The van der Waals surface area contributed by atoms with Crippen LogP contribution in [0.5, 0.6) is 0 Å². The molecule has 14 heteroatoms.